The van der Waals surface area contributed by atoms with Crippen LogP contribution in [-0.2, 0) is 0 Å². The minimum absolute atomic E-state index is 0. The molecule has 1 aromatic rings. The van der Waals surface area contributed by atoms with Crippen molar-refractivity contribution in [1.82, 2.24) is 9.80 Å². The predicted molar refractivity (Wildman–Crippen MR) is 99.6 cm³/mol. The first-order valence-corrected chi connectivity index (χ1v) is 8.06. The molecule has 1 unspecified atom stereocenters. The molecule has 0 radical (unpaired) electrons. The highest BCUT2D eigenvalue weighted by molar-refractivity contribution is 14.0. The molecule has 2 heterocycles. The lowest BCUT2D eigenvalue weighted by atomic mass is 10.1. The van der Waals surface area contributed by atoms with Gasteiger partial charge in [0.15, 0.2) is 5.96 Å². The van der Waals surface area contributed by atoms with Crippen LogP contribution in [0.2, 0.25) is 0 Å². The molecule has 1 saturated heterocycles. The second-order valence-electron chi connectivity index (χ2n) is 6.17. The Hall–Kier alpha value is -0.760. The van der Waals surface area contributed by atoms with Crippen LogP contribution in [-0.4, -0.2) is 48.5 Å². The molecule has 2 N–H and O–H groups in total. The zero-order valence-electron chi connectivity index (χ0n) is 13.3. The first-order valence-electron chi connectivity index (χ1n) is 8.06. The SMILES string of the molecule is CN(C(N)=NCC(c1ccco1)N1CCCCC1)C1CC1.I. The van der Waals surface area contributed by atoms with E-state index in [2.05, 4.69) is 20.9 Å². The van der Waals surface area contributed by atoms with E-state index in [4.69, 9.17) is 10.2 Å². The number of likely N-dealkylation sites (tertiary alicyclic amines) is 1. The quantitative estimate of drug-likeness (QED) is 0.454. The Morgan fingerprint density at radius 2 is 2.14 bits per heavy atom. The second kappa shape index (κ2) is 8.19. The van der Waals surface area contributed by atoms with Gasteiger partial charge in [0.25, 0.3) is 0 Å². The molecule has 1 atom stereocenters. The summed E-state index contributed by atoms with van der Waals surface area (Å²) < 4.78 is 5.64. The first-order chi connectivity index (χ1) is 10.3. The zero-order chi connectivity index (χ0) is 14.7. The van der Waals surface area contributed by atoms with Gasteiger partial charge >= 0.3 is 0 Å². The van der Waals surface area contributed by atoms with E-state index in [0.717, 1.165) is 18.8 Å². The van der Waals surface area contributed by atoms with Gasteiger partial charge in [-0.15, -0.1) is 24.0 Å². The van der Waals surface area contributed by atoms with Gasteiger partial charge in [-0.1, -0.05) is 6.42 Å². The Labute approximate surface area is 149 Å². The monoisotopic (exact) mass is 418 g/mol. The maximum absolute atomic E-state index is 6.12. The number of halogens is 1. The van der Waals surface area contributed by atoms with Gasteiger partial charge in [0.2, 0.25) is 0 Å². The van der Waals surface area contributed by atoms with Crippen molar-refractivity contribution in [3.05, 3.63) is 24.2 Å². The van der Waals surface area contributed by atoms with Crippen molar-refractivity contribution in [1.29, 1.82) is 0 Å². The number of hydrogen-bond donors (Lipinski definition) is 1. The van der Waals surface area contributed by atoms with Crippen molar-refractivity contribution in [3.63, 3.8) is 0 Å². The molecular weight excluding hydrogens is 391 g/mol. The molecule has 1 saturated carbocycles. The summed E-state index contributed by atoms with van der Waals surface area (Å²) in [5, 5.41) is 0. The number of rotatable bonds is 5. The number of nitrogens with zero attached hydrogens (tertiary/aromatic N) is 3. The highest BCUT2D eigenvalue weighted by Gasteiger charge is 2.28. The molecule has 2 fully saturated rings. The summed E-state index contributed by atoms with van der Waals surface area (Å²) >= 11 is 0. The number of furan rings is 1. The maximum atomic E-state index is 6.12. The molecule has 3 rings (SSSR count). The highest BCUT2D eigenvalue weighted by Crippen LogP contribution is 2.27. The third-order valence-corrected chi connectivity index (χ3v) is 4.59. The summed E-state index contributed by atoms with van der Waals surface area (Å²) in [5.74, 6) is 1.66. The minimum atomic E-state index is 0. The zero-order valence-corrected chi connectivity index (χ0v) is 15.6. The average Bonchev–Trinajstić information content (AvgIpc) is 3.24. The summed E-state index contributed by atoms with van der Waals surface area (Å²) in [4.78, 5) is 9.22. The van der Waals surface area contributed by atoms with E-state index in [1.807, 2.05) is 13.1 Å². The molecular formula is C16H27IN4O. The number of piperidine rings is 1. The third kappa shape index (κ3) is 4.38. The molecule has 5 nitrogen and oxygen atoms in total. The topological polar surface area (TPSA) is 58.0 Å². The van der Waals surface area contributed by atoms with Gasteiger partial charge in [-0.3, -0.25) is 9.89 Å². The Balaban J connectivity index is 0.00000176. The lowest BCUT2D eigenvalue weighted by Gasteiger charge is -2.32. The summed E-state index contributed by atoms with van der Waals surface area (Å²) in [6.07, 6.45) is 8.07. The lowest BCUT2D eigenvalue weighted by molar-refractivity contribution is 0.150. The Kier molecular flexibility index (Phi) is 6.55. The minimum Gasteiger partial charge on any atom is -0.468 e. The third-order valence-electron chi connectivity index (χ3n) is 4.59. The van der Waals surface area contributed by atoms with Gasteiger partial charge in [0.1, 0.15) is 5.76 Å². The predicted octanol–water partition coefficient (Wildman–Crippen LogP) is 2.83. The van der Waals surface area contributed by atoms with Gasteiger partial charge in [-0.2, -0.15) is 0 Å². The molecule has 124 valence electrons. The van der Waals surface area contributed by atoms with Crippen LogP contribution >= 0.6 is 24.0 Å². The molecule has 6 heteroatoms. The fraction of sp³-hybridized carbons (Fsp3) is 0.688. The van der Waals surface area contributed by atoms with Crippen LogP contribution in [0.1, 0.15) is 43.9 Å². The Morgan fingerprint density at radius 3 is 2.73 bits per heavy atom. The summed E-state index contributed by atoms with van der Waals surface area (Å²) in [6.45, 7) is 2.93. The van der Waals surface area contributed by atoms with Crippen molar-refractivity contribution in [3.8, 4) is 0 Å². The Bertz CT molecular complexity index is 467. The molecule has 1 aliphatic carbocycles. The molecule has 0 bridgehead atoms. The normalized spacial score (nSPS) is 21.2. The number of hydrogen-bond acceptors (Lipinski definition) is 3. The van der Waals surface area contributed by atoms with E-state index in [-0.39, 0.29) is 30.0 Å². The molecule has 22 heavy (non-hydrogen) atoms. The van der Waals surface area contributed by atoms with Crippen LogP contribution in [0.25, 0.3) is 0 Å². The Morgan fingerprint density at radius 1 is 1.41 bits per heavy atom. The fourth-order valence-electron chi connectivity index (χ4n) is 3.04. The summed E-state index contributed by atoms with van der Waals surface area (Å²) in [6, 6.07) is 4.82. The molecule has 0 aromatic carbocycles. The highest BCUT2D eigenvalue weighted by atomic mass is 127. The van der Waals surface area contributed by atoms with E-state index in [9.17, 15) is 0 Å². The van der Waals surface area contributed by atoms with Crippen LogP contribution in [0.3, 0.4) is 0 Å². The van der Waals surface area contributed by atoms with Gasteiger partial charge in [0, 0.05) is 13.1 Å². The van der Waals surface area contributed by atoms with Crippen LogP contribution in [0.15, 0.2) is 27.8 Å². The van der Waals surface area contributed by atoms with Crippen LogP contribution in [0.5, 0.6) is 0 Å². The fourth-order valence-corrected chi connectivity index (χ4v) is 3.04. The van der Waals surface area contributed by atoms with Gasteiger partial charge in [0.05, 0.1) is 18.8 Å². The summed E-state index contributed by atoms with van der Waals surface area (Å²) in [5.41, 5.74) is 6.12. The van der Waals surface area contributed by atoms with Crippen molar-refractivity contribution in [2.75, 3.05) is 26.7 Å². The van der Waals surface area contributed by atoms with Crippen molar-refractivity contribution in [2.24, 2.45) is 10.7 Å². The standard InChI is InChI=1S/C16H26N4O.HI/c1-19(13-7-8-13)16(17)18-12-14(15-6-5-11-21-15)20-9-3-2-4-10-20;/h5-6,11,13-14H,2-4,7-10,12H2,1H3,(H2,17,18);1H. The molecule has 0 amide bonds. The smallest absolute Gasteiger partial charge is 0.191 e. The maximum Gasteiger partial charge on any atom is 0.191 e. The van der Waals surface area contributed by atoms with Crippen LogP contribution in [0, 0.1) is 0 Å². The van der Waals surface area contributed by atoms with Gasteiger partial charge in [-0.05, 0) is 50.9 Å². The number of aliphatic imine (C=N–C) groups is 1. The summed E-state index contributed by atoms with van der Waals surface area (Å²) in [7, 11) is 2.04. The largest absolute Gasteiger partial charge is 0.468 e. The van der Waals surface area contributed by atoms with E-state index >= 15 is 0 Å². The van der Waals surface area contributed by atoms with E-state index in [1.165, 1.54) is 32.1 Å². The average molecular weight is 418 g/mol. The van der Waals surface area contributed by atoms with Crippen molar-refractivity contribution in [2.45, 2.75) is 44.2 Å². The van der Waals surface area contributed by atoms with E-state index < -0.39 is 0 Å². The molecule has 2 aliphatic rings. The molecule has 1 aliphatic heterocycles. The van der Waals surface area contributed by atoms with E-state index in [0.29, 0.717) is 18.5 Å². The second-order valence-corrected chi connectivity index (χ2v) is 6.17. The van der Waals surface area contributed by atoms with E-state index in [1.54, 1.807) is 6.26 Å². The van der Waals surface area contributed by atoms with Crippen LogP contribution in [0.4, 0.5) is 0 Å². The van der Waals surface area contributed by atoms with Gasteiger partial charge in [-0.25, -0.2) is 0 Å². The van der Waals surface area contributed by atoms with Crippen LogP contribution < -0.4 is 5.73 Å². The first kappa shape index (κ1) is 17.6. The number of guanidine groups is 1. The molecule has 1 aromatic heterocycles. The molecule has 0 spiro atoms. The number of nitrogens with two attached hydrogens (primary N) is 1. The van der Waals surface area contributed by atoms with Crippen molar-refractivity contribution < 1.29 is 4.42 Å². The van der Waals surface area contributed by atoms with Crippen molar-refractivity contribution >= 4 is 29.9 Å². The van der Waals surface area contributed by atoms with Gasteiger partial charge < -0.3 is 15.1 Å². The lowest BCUT2D eigenvalue weighted by Crippen LogP contribution is -2.38.